The van der Waals surface area contributed by atoms with E-state index in [1.54, 1.807) is 6.26 Å². The lowest BCUT2D eigenvalue weighted by molar-refractivity contribution is 0.132. The SMILES string of the molecule is CCC(C)(CO)CNC(C)CCc1ccco1. The highest BCUT2D eigenvalue weighted by Crippen LogP contribution is 2.18. The molecular weight excluding hydrogens is 214 g/mol. The molecule has 1 heterocycles. The van der Waals surface area contributed by atoms with Gasteiger partial charge >= 0.3 is 0 Å². The van der Waals surface area contributed by atoms with Crippen LogP contribution in [0.1, 0.15) is 39.4 Å². The minimum Gasteiger partial charge on any atom is -0.469 e. The summed E-state index contributed by atoms with van der Waals surface area (Å²) in [6.07, 6.45) is 4.72. The maximum Gasteiger partial charge on any atom is 0.103 e. The van der Waals surface area contributed by atoms with Crippen LogP contribution in [-0.4, -0.2) is 24.3 Å². The Hall–Kier alpha value is -0.800. The quantitative estimate of drug-likeness (QED) is 0.733. The summed E-state index contributed by atoms with van der Waals surface area (Å²) in [6, 6.07) is 4.38. The van der Waals surface area contributed by atoms with Gasteiger partial charge in [-0.2, -0.15) is 0 Å². The van der Waals surface area contributed by atoms with E-state index in [0.29, 0.717) is 6.04 Å². The second-order valence-electron chi connectivity index (χ2n) is 5.22. The first-order valence-corrected chi connectivity index (χ1v) is 6.46. The number of hydrogen-bond acceptors (Lipinski definition) is 3. The van der Waals surface area contributed by atoms with Crippen molar-refractivity contribution >= 4 is 0 Å². The van der Waals surface area contributed by atoms with Gasteiger partial charge in [0, 0.05) is 31.0 Å². The maximum atomic E-state index is 9.32. The van der Waals surface area contributed by atoms with Crippen molar-refractivity contribution in [2.24, 2.45) is 5.41 Å². The third-order valence-electron chi connectivity index (χ3n) is 3.52. The number of rotatable bonds is 8. The Morgan fingerprint density at radius 3 is 2.82 bits per heavy atom. The molecule has 1 aromatic heterocycles. The summed E-state index contributed by atoms with van der Waals surface area (Å²) in [5.74, 6) is 1.04. The van der Waals surface area contributed by atoms with Crippen molar-refractivity contribution in [2.75, 3.05) is 13.2 Å². The Bertz CT molecular complexity index is 291. The van der Waals surface area contributed by atoms with E-state index in [1.807, 2.05) is 12.1 Å². The Labute approximate surface area is 104 Å². The van der Waals surface area contributed by atoms with Crippen LogP contribution in [0.15, 0.2) is 22.8 Å². The average molecular weight is 239 g/mol. The maximum absolute atomic E-state index is 9.32. The number of aryl methyl sites for hydroxylation is 1. The number of hydrogen-bond donors (Lipinski definition) is 2. The molecule has 0 aliphatic heterocycles. The summed E-state index contributed by atoms with van der Waals surface area (Å²) in [5, 5.41) is 12.8. The summed E-state index contributed by atoms with van der Waals surface area (Å²) < 4.78 is 5.30. The van der Waals surface area contributed by atoms with Gasteiger partial charge in [0.2, 0.25) is 0 Å². The minimum atomic E-state index is -0.00105. The van der Waals surface area contributed by atoms with E-state index in [9.17, 15) is 5.11 Å². The molecule has 1 rings (SSSR count). The van der Waals surface area contributed by atoms with Gasteiger partial charge in [0.15, 0.2) is 0 Å². The number of furan rings is 1. The molecular formula is C14H25NO2. The van der Waals surface area contributed by atoms with Crippen LogP contribution in [0.25, 0.3) is 0 Å². The van der Waals surface area contributed by atoms with E-state index in [1.165, 1.54) is 0 Å². The zero-order valence-electron chi connectivity index (χ0n) is 11.2. The summed E-state index contributed by atoms with van der Waals surface area (Å²) in [7, 11) is 0. The molecule has 3 nitrogen and oxygen atoms in total. The molecule has 0 radical (unpaired) electrons. The molecule has 0 aromatic carbocycles. The van der Waals surface area contributed by atoms with Gasteiger partial charge in [-0.1, -0.05) is 13.8 Å². The predicted molar refractivity (Wildman–Crippen MR) is 70.0 cm³/mol. The lowest BCUT2D eigenvalue weighted by Gasteiger charge is -2.28. The molecule has 1 aromatic rings. The summed E-state index contributed by atoms with van der Waals surface area (Å²) in [6.45, 7) is 7.50. The van der Waals surface area contributed by atoms with Gasteiger partial charge in [-0.3, -0.25) is 0 Å². The van der Waals surface area contributed by atoms with Gasteiger partial charge < -0.3 is 14.8 Å². The Morgan fingerprint density at radius 1 is 1.53 bits per heavy atom. The van der Waals surface area contributed by atoms with Crippen LogP contribution < -0.4 is 5.32 Å². The molecule has 3 heteroatoms. The number of aliphatic hydroxyl groups is 1. The van der Waals surface area contributed by atoms with Crippen LogP contribution >= 0.6 is 0 Å². The van der Waals surface area contributed by atoms with Crippen molar-refractivity contribution in [3.8, 4) is 0 Å². The van der Waals surface area contributed by atoms with E-state index in [-0.39, 0.29) is 12.0 Å². The van der Waals surface area contributed by atoms with E-state index in [0.717, 1.165) is 31.6 Å². The van der Waals surface area contributed by atoms with Crippen LogP contribution in [0.5, 0.6) is 0 Å². The van der Waals surface area contributed by atoms with Gasteiger partial charge in [-0.25, -0.2) is 0 Å². The van der Waals surface area contributed by atoms with Gasteiger partial charge in [-0.05, 0) is 31.9 Å². The Morgan fingerprint density at radius 2 is 2.29 bits per heavy atom. The largest absolute Gasteiger partial charge is 0.469 e. The molecule has 2 N–H and O–H groups in total. The lowest BCUT2D eigenvalue weighted by atomic mass is 9.88. The molecule has 2 atom stereocenters. The van der Waals surface area contributed by atoms with Gasteiger partial charge in [0.1, 0.15) is 5.76 Å². The molecule has 98 valence electrons. The molecule has 0 saturated heterocycles. The van der Waals surface area contributed by atoms with E-state index in [4.69, 9.17) is 4.42 Å². The second-order valence-corrected chi connectivity index (χ2v) is 5.22. The van der Waals surface area contributed by atoms with Gasteiger partial charge in [-0.15, -0.1) is 0 Å². The molecule has 17 heavy (non-hydrogen) atoms. The molecule has 0 spiro atoms. The average Bonchev–Trinajstić information content (AvgIpc) is 2.86. The second kappa shape index (κ2) is 6.82. The molecule has 0 bridgehead atoms. The van der Waals surface area contributed by atoms with Gasteiger partial charge in [0.25, 0.3) is 0 Å². The molecule has 0 aliphatic rings. The highest BCUT2D eigenvalue weighted by Gasteiger charge is 2.21. The molecule has 0 saturated carbocycles. The first-order chi connectivity index (χ1) is 8.09. The van der Waals surface area contributed by atoms with Crippen LogP contribution in [0.4, 0.5) is 0 Å². The standard InChI is InChI=1S/C14H25NO2/c1-4-14(3,11-16)10-15-12(2)7-8-13-6-5-9-17-13/h5-6,9,12,15-16H,4,7-8,10-11H2,1-3H3. The fourth-order valence-electron chi connectivity index (χ4n) is 1.63. The van der Waals surface area contributed by atoms with Crippen molar-refractivity contribution in [3.63, 3.8) is 0 Å². The fraction of sp³-hybridized carbons (Fsp3) is 0.714. The molecule has 2 unspecified atom stereocenters. The van der Waals surface area contributed by atoms with E-state index < -0.39 is 0 Å². The fourth-order valence-corrected chi connectivity index (χ4v) is 1.63. The van der Waals surface area contributed by atoms with Crippen molar-refractivity contribution in [1.29, 1.82) is 0 Å². The predicted octanol–water partition coefficient (Wildman–Crippen LogP) is 2.60. The highest BCUT2D eigenvalue weighted by atomic mass is 16.3. The summed E-state index contributed by atoms with van der Waals surface area (Å²) >= 11 is 0. The lowest BCUT2D eigenvalue weighted by Crippen LogP contribution is -2.39. The molecule has 0 amide bonds. The van der Waals surface area contributed by atoms with Gasteiger partial charge in [0.05, 0.1) is 6.26 Å². The minimum absolute atomic E-state index is 0.00105. The van der Waals surface area contributed by atoms with Crippen LogP contribution in [0.2, 0.25) is 0 Å². The van der Waals surface area contributed by atoms with E-state index >= 15 is 0 Å². The molecule has 0 aliphatic carbocycles. The number of nitrogens with one attached hydrogen (secondary N) is 1. The summed E-state index contributed by atoms with van der Waals surface area (Å²) in [4.78, 5) is 0. The smallest absolute Gasteiger partial charge is 0.103 e. The first kappa shape index (κ1) is 14.3. The van der Waals surface area contributed by atoms with Crippen molar-refractivity contribution in [2.45, 2.75) is 46.1 Å². The monoisotopic (exact) mass is 239 g/mol. The molecule has 0 fully saturated rings. The third kappa shape index (κ3) is 4.92. The third-order valence-corrected chi connectivity index (χ3v) is 3.52. The van der Waals surface area contributed by atoms with Crippen LogP contribution in [-0.2, 0) is 6.42 Å². The zero-order valence-corrected chi connectivity index (χ0v) is 11.2. The van der Waals surface area contributed by atoms with Crippen LogP contribution in [0, 0.1) is 5.41 Å². The topological polar surface area (TPSA) is 45.4 Å². The normalized spacial score (nSPS) is 16.7. The van der Waals surface area contributed by atoms with Crippen LogP contribution in [0.3, 0.4) is 0 Å². The first-order valence-electron chi connectivity index (χ1n) is 6.46. The highest BCUT2D eigenvalue weighted by molar-refractivity contribution is 4.98. The zero-order chi connectivity index (χ0) is 12.7. The van der Waals surface area contributed by atoms with Crippen molar-refractivity contribution in [1.82, 2.24) is 5.32 Å². The van der Waals surface area contributed by atoms with Crippen molar-refractivity contribution < 1.29 is 9.52 Å². The van der Waals surface area contributed by atoms with E-state index in [2.05, 4.69) is 26.1 Å². The summed E-state index contributed by atoms with van der Waals surface area (Å²) in [5.41, 5.74) is -0.00105. The Balaban J connectivity index is 2.23. The Kier molecular flexibility index (Phi) is 5.72. The van der Waals surface area contributed by atoms with Crippen molar-refractivity contribution in [3.05, 3.63) is 24.2 Å². The number of aliphatic hydroxyl groups excluding tert-OH is 1.